The van der Waals surface area contributed by atoms with Gasteiger partial charge in [-0.15, -0.1) is 0 Å². The zero-order valence-corrected chi connectivity index (χ0v) is 7.16. The number of hydrogen-bond donors (Lipinski definition) is 3. The van der Waals surface area contributed by atoms with Gasteiger partial charge in [0.25, 0.3) is 0 Å². The molecule has 0 heterocycles. The third kappa shape index (κ3) is 1.44. The lowest BCUT2D eigenvalue weighted by atomic mass is 10.3. The molecule has 1 rings (SSSR count). The second-order valence-corrected chi connectivity index (χ2v) is 2.34. The van der Waals surface area contributed by atoms with Crippen LogP contribution in [0.25, 0.3) is 0 Å². The number of rotatable bonds is 1. The molecule has 0 saturated heterocycles. The van der Waals surface area contributed by atoms with Crippen molar-refractivity contribution < 1.29 is 10.2 Å². The first kappa shape index (κ1) is 7.46. The summed E-state index contributed by atoms with van der Waals surface area (Å²) < 4.78 is 2.70. The maximum absolute atomic E-state index is 9.06. The second kappa shape index (κ2) is 2.96. The van der Waals surface area contributed by atoms with Crippen molar-refractivity contribution in [2.24, 2.45) is 0 Å². The molecule has 10 heavy (non-hydrogen) atoms. The third-order valence-electron chi connectivity index (χ3n) is 1.08. The minimum atomic E-state index is 0.132. The highest BCUT2D eigenvalue weighted by Gasteiger charge is 1.98. The van der Waals surface area contributed by atoms with E-state index in [1.165, 1.54) is 18.2 Å². The maximum atomic E-state index is 9.06. The first-order valence-corrected chi connectivity index (χ1v) is 3.70. The minimum Gasteiger partial charge on any atom is -0.508 e. The summed E-state index contributed by atoms with van der Waals surface area (Å²) in [5, 5.41) is 18.0. The average molecular weight is 251 g/mol. The molecule has 3 nitrogen and oxygen atoms in total. The zero-order chi connectivity index (χ0) is 7.56. The van der Waals surface area contributed by atoms with E-state index in [1.807, 2.05) is 22.9 Å². The predicted molar refractivity (Wildman–Crippen MR) is 47.4 cm³/mol. The standard InChI is InChI=1S/C6H6INO2/c7-8-5-3-4(9)1-2-6(5)10/h1-3,8-10H. The number of benzene rings is 1. The Balaban J connectivity index is 3.09. The van der Waals surface area contributed by atoms with E-state index in [9.17, 15) is 0 Å². The smallest absolute Gasteiger partial charge is 0.139 e. The summed E-state index contributed by atoms with van der Waals surface area (Å²) in [5.41, 5.74) is 0.514. The number of aromatic hydroxyl groups is 2. The Hall–Kier alpha value is -0.650. The van der Waals surface area contributed by atoms with Crippen LogP contribution in [0.4, 0.5) is 5.69 Å². The fraction of sp³-hybridized carbons (Fsp3) is 0. The van der Waals surface area contributed by atoms with Gasteiger partial charge in [-0.2, -0.15) is 0 Å². The molecule has 0 radical (unpaired) electrons. The summed E-state index contributed by atoms with van der Waals surface area (Å²) in [6, 6.07) is 4.30. The molecule has 0 aliphatic carbocycles. The van der Waals surface area contributed by atoms with Crippen molar-refractivity contribution in [1.29, 1.82) is 0 Å². The number of phenolic OH excluding ortho intramolecular Hbond substituents is 2. The van der Waals surface area contributed by atoms with Gasteiger partial charge in [0.2, 0.25) is 0 Å². The Bertz CT molecular complexity index is 239. The van der Waals surface area contributed by atoms with Gasteiger partial charge >= 0.3 is 0 Å². The van der Waals surface area contributed by atoms with Crippen LogP contribution in [0.3, 0.4) is 0 Å². The Kier molecular flexibility index (Phi) is 2.21. The largest absolute Gasteiger partial charge is 0.508 e. The van der Waals surface area contributed by atoms with Crippen LogP contribution in [0.2, 0.25) is 0 Å². The molecule has 0 saturated carbocycles. The summed E-state index contributed by atoms with van der Waals surface area (Å²) in [6.07, 6.45) is 0. The van der Waals surface area contributed by atoms with Crippen molar-refractivity contribution in [2.75, 3.05) is 3.53 Å². The summed E-state index contributed by atoms with van der Waals surface area (Å²) in [5.74, 6) is 0.268. The molecular formula is C6H6INO2. The lowest BCUT2D eigenvalue weighted by Gasteiger charge is -2.00. The molecule has 54 valence electrons. The van der Waals surface area contributed by atoms with Gasteiger partial charge < -0.3 is 13.7 Å². The van der Waals surface area contributed by atoms with Crippen molar-refractivity contribution in [2.45, 2.75) is 0 Å². The second-order valence-electron chi connectivity index (χ2n) is 1.80. The highest BCUT2D eigenvalue weighted by Crippen LogP contribution is 2.27. The Morgan fingerprint density at radius 1 is 1.30 bits per heavy atom. The van der Waals surface area contributed by atoms with Crippen LogP contribution in [0.1, 0.15) is 0 Å². The molecular weight excluding hydrogens is 245 g/mol. The normalized spacial score (nSPS) is 9.30. The van der Waals surface area contributed by atoms with Crippen molar-refractivity contribution in [3.05, 3.63) is 18.2 Å². The van der Waals surface area contributed by atoms with E-state index in [0.717, 1.165) is 0 Å². The van der Waals surface area contributed by atoms with Gasteiger partial charge in [-0.05, 0) is 12.1 Å². The minimum absolute atomic E-state index is 0.132. The molecule has 4 heteroatoms. The molecule has 0 aromatic heterocycles. The number of anilines is 1. The lowest BCUT2D eigenvalue weighted by molar-refractivity contribution is 0.462. The van der Waals surface area contributed by atoms with Gasteiger partial charge in [0.1, 0.15) is 11.5 Å². The molecule has 1 aromatic carbocycles. The molecule has 0 aliphatic rings. The first-order chi connectivity index (χ1) is 4.74. The molecule has 0 amide bonds. The van der Waals surface area contributed by atoms with Crippen molar-refractivity contribution >= 4 is 28.6 Å². The van der Waals surface area contributed by atoms with Crippen LogP contribution >= 0.6 is 22.9 Å². The summed E-state index contributed by atoms with van der Waals surface area (Å²) in [7, 11) is 0. The van der Waals surface area contributed by atoms with Crippen molar-refractivity contribution in [3.8, 4) is 11.5 Å². The lowest BCUT2D eigenvalue weighted by Crippen LogP contribution is -1.78. The molecule has 0 bridgehead atoms. The molecule has 0 fully saturated rings. The number of phenols is 2. The van der Waals surface area contributed by atoms with Crippen LogP contribution < -0.4 is 3.53 Å². The van der Waals surface area contributed by atoms with E-state index in [4.69, 9.17) is 10.2 Å². The van der Waals surface area contributed by atoms with E-state index >= 15 is 0 Å². The number of hydrogen-bond acceptors (Lipinski definition) is 3. The maximum Gasteiger partial charge on any atom is 0.139 e. The van der Waals surface area contributed by atoms with Crippen LogP contribution in [0, 0.1) is 0 Å². The Morgan fingerprint density at radius 2 is 2.00 bits per heavy atom. The predicted octanol–water partition coefficient (Wildman–Crippen LogP) is 1.86. The first-order valence-electron chi connectivity index (χ1n) is 2.62. The fourth-order valence-corrected chi connectivity index (χ4v) is 1.03. The molecule has 0 aliphatic heterocycles. The quantitative estimate of drug-likeness (QED) is 0.309. The van der Waals surface area contributed by atoms with Gasteiger partial charge in [0, 0.05) is 6.07 Å². The Labute approximate surface area is 72.2 Å². The fourth-order valence-electron chi connectivity index (χ4n) is 0.600. The van der Waals surface area contributed by atoms with Gasteiger partial charge in [-0.1, -0.05) is 0 Å². The highest BCUT2D eigenvalue weighted by molar-refractivity contribution is 14.1. The van der Waals surface area contributed by atoms with Gasteiger partial charge in [-0.25, -0.2) is 0 Å². The highest BCUT2D eigenvalue weighted by atomic mass is 127. The van der Waals surface area contributed by atoms with Crippen LogP contribution in [-0.2, 0) is 0 Å². The number of nitrogens with one attached hydrogen (secondary N) is 1. The average Bonchev–Trinajstić information content (AvgIpc) is 1.94. The molecule has 0 unspecified atom stereocenters. The third-order valence-corrected chi connectivity index (χ3v) is 1.66. The van der Waals surface area contributed by atoms with Gasteiger partial charge in [0.05, 0.1) is 28.6 Å². The van der Waals surface area contributed by atoms with Crippen LogP contribution in [-0.4, -0.2) is 10.2 Å². The van der Waals surface area contributed by atoms with E-state index in [2.05, 4.69) is 3.53 Å². The van der Waals surface area contributed by atoms with E-state index in [1.54, 1.807) is 0 Å². The molecule has 0 atom stereocenters. The summed E-state index contributed by atoms with van der Waals surface area (Å²) in [4.78, 5) is 0. The monoisotopic (exact) mass is 251 g/mol. The van der Waals surface area contributed by atoms with Gasteiger partial charge in [0.15, 0.2) is 0 Å². The van der Waals surface area contributed by atoms with Crippen LogP contribution in [0.15, 0.2) is 18.2 Å². The summed E-state index contributed by atoms with van der Waals surface area (Å²) in [6.45, 7) is 0. The van der Waals surface area contributed by atoms with E-state index < -0.39 is 0 Å². The van der Waals surface area contributed by atoms with Crippen molar-refractivity contribution in [3.63, 3.8) is 0 Å². The topological polar surface area (TPSA) is 52.5 Å². The molecule has 1 aromatic rings. The van der Waals surface area contributed by atoms with E-state index in [0.29, 0.717) is 5.69 Å². The molecule has 0 spiro atoms. The Morgan fingerprint density at radius 3 is 2.50 bits per heavy atom. The zero-order valence-electron chi connectivity index (χ0n) is 5.00. The van der Waals surface area contributed by atoms with Crippen molar-refractivity contribution in [1.82, 2.24) is 0 Å². The van der Waals surface area contributed by atoms with Crippen LogP contribution in [0.5, 0.6) is 11.5 Å². The van der Waals surface area contributed by atoms with Gasteiger partial charge in [-0.3, -0.25) is 0 Å². The molecule has 3 N–H and O–H groups in total. The SMILES string of the molecule is Oc1ccc(O)c(NI)c1. The van der Waals surface area contributed by atoms with E-state index in [-0.39, 0.29) is 11.5 Å². The summed E-state index contributed by atoms with van der Waals surface area (Å²) >= 11 is 1.87. The number of halogens is 1.